The highest BCUT2D eigenvalue weighted by molar-refractivity contribution is 5.75. The number of nitrogens with zero attached hydrogens (tertiary/aromatic N) is 4. The summed E-state index contributed by atoms with van der Waals surface area (Å²) >= 11 is 0. The Balaban J connectivity index is 1.26. The van der Waals surface area contributed by atoms with Crippen molar-refractivity contribution in [2.45, 2.75) is 25.8 Å². The third-order valence-corrected chi connectivity index (χ3v) is 4.47. The first kappa shape index (κ1) is 18.6. The highest BCUT2D eigenvalue weighted by Crippen LogP contribution is 2.20. The molecule has 29 heavy (non-hydrogen) atoms. The Morgan fingerprint density at radius 1 is 1.03 bits per heavy atom. The molecule has 7 heteroatoms. The molecule has 4 rings (SSSR count). The Morgan fingerprint density at radius 2 is 1.93 bits per heavy atom. The number of aromatic nitrogens is 4. The van der Waals surface area contributed by atoms with E-state index < -0.39 is 0 Å². The second-order valence-corrected chi connectivity index (χ2v) is 6.55. The number of benzene rings is 1. The first-order valence-electron chi connectivity index (χ1n) is 9.50. The van der Waals surface area contributed by atoms with Gasteiger partial charge in [0.2, 0.25) is 5.91 Å². The molecule has 0 aliphatic carbocycles. The van der Waals surface area contributed by atoms with Crippen LogP contribution in [0, 0.1) is 0 Å². The van der Waals surface area contributed by atoms with Gasteiger partial charge in [-0.3, -0.25) is 4.79 Å². The summed E-state index contributed by atoms with van der Waals surface area (Å²) in [6.45, 7) is 0.402. The molecule has 0 fully saturated rings. The number of hydrogen-bond acceptors (Lipinski definition) is 5. The lowest BCUT2D eigenvalue weighted by Crippen LogP contribution is -2.23. The molecule has 3 aromatic heterocycles. The van der Waals surface area contributed by atoms with Gasteiger partial charge in [0.15, 0.2) is 17.5 Å². The Hall–Kier alpha value is -3.74. The minimum absolute atomic E-state index is 0.0184. The van der Waals surface area contributed by atoms with E-state index in [2.05, 4.69) is 20.4 Å². The van der Waals surface area contributed by atoms with Crippen molar-refractivity contribution in [1.29, 1.82) is 0 Å². The van der Waals surface area contributed by atoms with Gasteiger partial charge in [-0.25, -0.2) is 14.6 Å². The van der Waals surface area contributed by atoms with E-state index in [0.29, 0.717) is 37.5 Å². The van der Waals surface area contributed by atoms with Crippen LogP contribution in [0.15, 0.2) is 77.7 Å². The molecule has 0 aliphatic heterocycles. The fourth-order valence-electron chi connectivity index (χ4n) is 3.01. The first-order chi connectivity index (χ1) is 14.3. The first-order valence-corrected chi connectivity index (χ1v) is 9.50. The summed E-state index contributed by atoms with van der Waals surface area (Å²) in [6, 6.07) is 15.5. The molecule has 0 aliphatic rings. The SMILES string of the molecule is O=C(CCCc1ncc(-c2ccccc2)o1)NCc1cccnc1-n1cccn1. The average Bonchev–Trinajstić information content (AvgIpc) is 3.46. The van der Waals surface area contributed by atoms with Crippen LogP contribution in [-0.2, 0) is 17.8 Å². The van der Waals surface area contributed by atoms with Crippen LogP contribution in [0.1, 0.15) is 24.3 Å². The van der Waals surface area contributed by atoms with Crippen LogP contribution in [0.4, 0.5) is 0 Å². The Labute approximate surface area is 168 Å². The molecule has 0 spiro atoms. The third kappa shape index (κ3) is 4.76. The summed E-state index contributed by atoms with van der Waals surface area (Å²) < 4.78 is 7.47. The Kier molecular flexibility index (Phi) is 5.76. The average molecular weight is 387 g/mol. The summed E-state index contributed by atoms with van der Waals surface area (Å²) in [5.74, 6) is 2.08. The summed E-state index contributed by atoms with van der Waals surface area (Å²) in [5.41, 5.74) is 1.90. The molecule has 1 amide bonds. The number of hydrogen-bond donors (Lipinski definition) is 1. The summed E-state index contributed by atoms with van der Waals surface area (Å²) in [5, 5.41) is 7.15. The molecule has 0 radical (unpaired) electrons. The number of aryl methyl sites for hydroxylation is 1. The summed E-state index contributed by atoms with van der Waals surface area (Å²) in [4.78, 5) is 20.9. The van der Waals surface area contributed by atoms with E-state index >= 15 is 0 Å². The maximum absolute atomic E-state index is 12.2. The molecule has 1 aromatic carbocycles. The molecular formula is C22H21N5O2. The van der Waals surface area contributed by atoms with Crippen LogP contribution < -0.4 is 5.32 Å². The topological polar surface area (TPSA) is 85.8 Å². The highest BCUT2D eigenvalue weighted by Gasteiger charge is 2.10. The van der Waals surface area contributed by atoms with Gasteiger partial charge >= 0.3 is 0 Å². The number of carbonyl (C=O) groups excluding carboxylic acids is 1. The molecule has 0 atom stereocenters. The van der Waals surface area contributed by atoms with E-state index in [1.54, 1.807) is 23.3 Å². The van der Waals surface area contributed by atoms with Crippen molar-refractivity contribution >= 4 is 5.91 Å². The molecule has 7 nitrogen and oxygen atoms in total. The van der Waals surface area contributed by atoms with Gasteiger partial charge < -0.3 is 9.73 Å². The van der Waals surface area contributed by atoms with E-state index in [0.717, 1.165) is 16.9 Å². The van der Waals surface area contributed by atoms with Gasteiger partial charge in [0, 0.05) is 49.1 Å². The van der Waals surface area contributed by atoms with Crippen LogP contribution in [0.5, 0.6) is 0 Å². The molecular weight excluding hydrogens is 366 g/mol. The fourth-order valence-corrected chi connectivity index (χ4v) is 3.01. The standard InChI is InChI=1S/C22H21N5O2/c28-20(24-15-18-9-5-12-23-22(18)27-14-6-13-26-27)10-4-11-21-25-16-19(29-21)17-7-2-1-3-8-17/h1-3,5-9,12-14,16H,4,10-11,15H2,(H,24,28). The van der Waals surface area contributed by atoms with Crippen LogP contribution in [0.25, 0.3) is 17.1 Å². The minimum atomic E-state index is -0.0184. The van der Waals surface area contributed by atoms with Crippen molar-refractivity contribution in [2.24, 2.45) is 0 Å². The van der Waals surface area contributed by atoms with Crippen LogP contribution in [0.3, 0.4) is 0 Å². The Morgan fingerprint density at radius 3 is 2.76 bits per heavy atom. The molecule has 3 heterocycles. The van der Waals surface area contributed by atoms with E-state index in [1.165, 1.54) is 0 Å². The lowest BCUT2D eigenvalue weighted by atomic mass is 10.2. The quantitative estimate of drug-likeness (QED) is 0.500. The van der Waals surface area contributed by atoms with Crippen molar-refractivity contribution in [1.82, 2.24) is 25.1 Å². The maximum atomic E-state index is 12.2. The molecule has 146 valence electrons. The number of rotatable bonds is 8. The summed E-state index contributed by atoms with van der Waals surface area (Å²) in [7, 11) is 0. The molecule has 0 saturated heterocycles. The van der Waals surface area contributed by atoms with Gasteiger partial charge in [-0.05, 0) is 18.6 Å². The summed E-state index contributed by atoms with van der Waals surface area (Å²) in [6.07, 6.45) is 8.65. The number of nitrogens with one attached hydrogen (secondary N) is 1. The van der Waals surface area contributed by atoms with Crippen molar-refractivity contribution < 1.29 is 9.21 Å². The fraction of sp³-hybridized carbons (Fsp3) is 0.182. The predicted molar refractivity (Wildman–Crippen MR) is 108 cm³/mol. The number of amides is 1. The molecule has 0 bridgehead atoms. The maximum Gasteiger partial charge on any atom is 0.220 e. The normalized spacial score (nSPS) is 10.8. The largest absolute Gasteiger partial charge is 0.441 e. The number of pyridine rings is 1. The lowest BCUT2D eigenvalue weighted by molar-refractivity contribution is -0.121. The van der Waals surface area contributed by atoms with Crippen LogP contribution >= 0.6 is 0 Å². The van der Waals surface area contributed by atoms with Crippen molar-refractivity contribution in [2.75, 3.05) is 0 Å². The van der Waals surface area contributed by atoms with Crippen molar-refractivity contribution in [3.63, 3.8) is 0 Å². The van der Waals surface area contributed by atoms with Crippen LogP contribution in [-0.4, -0.2) is 25.7 Å². The van der Waals surface area contributed by atoms with Gasteiger partial charge in [-0.1, -0.05) is 36.4 Å². The van der Waals surface area contributed by atoms with Crippen molar-refractivity contribution in [3.05, 3.63) is 84.8 Å². The Bertz CT molecular complexity index is 1060. The van der Waals surface area contributed by atoms with Gasteiger partial charge in [0.1, 0.15) is 0 Å². The molecule has 4 aromatic rings. The van der Waals surface area contributed by atoms with E-state index in [9.17, 15) is 4.79 Å². The third-order valence-electron chi connectivity index (χ3n) is 4.47. The second kappa shape index (κ2) is 8.97. The minimum Gasteiger partial charge on any atom is -0.441 e. The predicted octanol–water partition coefficient (Wildman–Crippen LogP) is 3.56. The second-order valence-electron chi connectivity index (χ2n) is 6.55. The van der Waals surface area contributed by atoms with Gasteiger partial charge in [-0.2, -0.15) is 5.10 Å². The molecule has 0 saturated carbocycles. The highest BCUT2D eigenvalue weighted by atomic mass is 16.4. The molecule has 1 N–H and O–H groups in total. The van der Waals surface area contributed by atoms with Gasteiger partial charge in [0.25, 0.3) is 0 Å². The van der Waals surface area contributed by atoms with Gasteiger partial charge in [0.05, 0.1) is 6.20 Å². The van der Waals surface area contributed by atoms with E-state index in [4.69, 9.17) is 4.42 Å². The van der Waals surface area contributed by atoms with Gasteiger partial charge in [-0.15, -0.1) is 0 Å². The zero-order valence-electron chi connectivity index (χ0n) is 15.9. The monoisotopic (exact) mass is 387 g/mol. The van der Waals surface area contributed by atoms with Crippen LogP contribution in [0.2, 0.25) is 0 Å². The zero-order chi connectivity index (χ0) is 19.9. The zero-order valence-corrected chi connectivity index (χ0v) is 15.9. The molecule has 0 unspecified atom stereocenters. The number of oxazole rings is 1. The smallest absolute Gasteiger partial charge is 0.220 e. The van der Waals surface area contributed by atoms with Crippen molar-refractivity contribution in [3.8, 4) is 17.1 Å². The number of carbonyl (C=O) groups is 1. The lowest BCUT2D eigenvalue weighted by Gasteiger charge is -2.09. The van der Waals surface area contributed by atoms with E-state index in [-0.39, 0.29) is 5.91 Å². The van der Waals surface area contributed by atoms with E-state index in [1.807, 2.05) is 54.7 Å².